The number of hydrogen-bond donors (Lipinski definition) is 1. The van der Waals surface area contributed by atoms with Gasteiger partial charge in [0.1, 0.15) is 0 Å². The largest absolute Gasteiger partial charge is 0.330 e. The van der Waals surface area contributed by atoms with E-state index in [1.54, 1.807) is 0 Å². The highest BCUT2D eigenvalue weighted by atomic mass is 15.2. The molecule has 2 unspecified atom stereocenters. The molecular weight excluding hydrogens is 124 g/mol. The van der Waals surface area contributed by atoms with E-state index < -0.39 is 0 Å². The van der Waals surface area contributed by atoms with Gasteiger partial charge in [-0.15, -0.1) is 0 Å². The average Bonchev–Trinajstić information content (AvgIpc) is 2.42. The lowest BCUT2D eigenvalue weighted by molar-refractivity contribution is 0.318. The summed E-state index contributed by atoms with van der Waals surface area (Å²) in [7, 11) is 0. The first-order chi connectivity index (χ1) is 4.90. The molecule has 0 saturated carbocycles. The van der Waals surface area contributed by atoms with E-state index in [1.807, 2.05) is 0 Å². The van der Waals surface area contributed by atoms with Gasteiger partial charge in [-0.05, 0) is 38.3 Å². The second-order valence-corrected chi connectivity index (χ2v) is 3.63. The molecule has 10 heavy (non-hydrogen) atoms. The van der Waals surface area contributed by atoms with Gasteiger partial charge in [-0.25, -0.2) is 0 Å². The van der Waals surface area contributed by atoms with Crippen LogP contribution in [-0.4, -0.2) is 30.6 Å². The molecule has 2 saturated heterocycles. The average molecular weight is 140 g/mol. The van der Waals surface area contributed by atoms with Crippen LogP contribution < -0.4 is 5.73 Å². The maximum absolute atomic E-state index is 5.61. The van der Waals surface area contributed by atoms with E-state index in [2.05, 4.69) is 4.90 Å². The summed E-state index contributed by atoms with van der Waals surface area (Å²) in [4.78, 5) is 2.61. The summed E-state index contributed by atoms with van der Waals surface area (Å²) < 4.78 is 0. The molecule has 2 heteroatoms. The van der Waals surface area contributed by atoms with Crippen molar-refractivity contribution in [1.82, 2.24) is 4.90 Å². The van der Waals surface area contributed by atoms with Gasteiger partial charge < -0.3 is 10.6 Å². The Morgan fingerprint density at radius 2 is 2.40 bits per heavy atom. The molecule has 2 fully saturated rings. The van der Waals surface area contributed by atoms with Crippen molar-refractivity contribution in [2.45, 2.75) is 25.3 Å². The van der Waals surface area contributed by atoms with Gasteiger partial charge in [0.25, 0.3) is 0 Å². The van der Waals surface area contributed by atoms with Gasteiger partial charge in [0, 0.05) is 12.6 Å². The van der Waals surface area contributed by atoms with Crippen LogP contribution in [0.3, 0.4) is 0 Å². The summed E-state index contributed by atoms with van der Waals surface area (Å²) >= 11 is 0. The number of hydrogen-bond acceptors (Lipinski definition) is 2. The molecule has 2 heterocycles. The number of fused-ring (bicyclic) bond motifs is 1. The minimum Gasteiger partial charge on any atom is -0.330 e. The SMILES string of the molecule is NCC1CC2CCCN2C1. The van der Waals surface area contributed by atoms with Gasteiger partial charge in [-0.2, -0.15) is 0 Å². The zero-order valence-corrected chi connectivity index (χ0v) is 6.42. The standard InChI is InChI=1S/C8H16N2/c9-5-7-4-8-2-1-3-10(8)6-7/h7-8H,1-6,9H2. The maximum atomic E-state index is 5.61. The summed E-state index contributed by atoms with van der Waals surface area (Å²) in [5.74, 6) is 0.810. The first-order valence-corrected chi connectivity index (χ1v) is 4.34. The van der Waals surface area contributed by atoms with Crippen molar-refractivity contribution in [3.8, 4) is 0 Å². The fourth-order valence-corrected chi connectivity index (χ4v) is 2.36. The van der Waals surface area contributed by atoms with Crippen LogP contribution in [0.5, 0.6) is 0 Å². The van der Waals surface area contributed by atoms with Crippen molar-refractivity contribution in [2.24, 2.45) is 11.7 Å². The van der Waals surface area contributed by atoms with Crippen LogP contribution in [0.4, 0.5) is 0 Å². The van der Waals surface area contributed by atoms with Crippen molar-refractivity contribution in [3.05, 3.63) is 0 Å². The Morgan fingerprint density at radius 1 is 1.50 bits per heavy atom. The zero-order chi connectivity index (χ0) is 6.97. The van der Waals surface area contributed by atoms with Gasteiger partial charge in [-0.3, -0.25) is 0 Å². The second kappa shape index (κ2) is 2.51. The molecule has 0 radical (unpaired) electrons. The summed E-state index contributed by atoms with van der Waals surface area (Å²) in [6.45, 7) is 3.51. The Bertz CT molecular complexity index is 112. The molecule has 0 aromatic rings. The van der Waals surface area contributed by atoms with Crippen LogP contribution in [0.2, 0.25) is 0 Å². The lowest BCUT2D eigenvalue weighted by atomic mass is 10.0. The number of nitrogens with zero attached hydrogens (tertiary/aromatic N) is 1. The predicted octanol–water partition coefficient (Wildman–Crippen LogP) is 0.429. The molecule has 2 aliphatic rings. The minimum absolute atomic E-state index is 0.810. The van der Waals surface area contributed by atoms with Gasteiger partial charge in [0.2, 0.25) is 0 Å². The normalized spacial score (nSPS) is 40.5. The molecule has 2 N–H and O–H groups in total. The van der Waals surface area contributed by atoms with Crippen LogP contribution in [-0.2, 0) is 0 Å². The van der Waals surface area contributed by atoms with E-state index in [0.29, 0.717) is 0 Å². The van der Waals surface area contributed by atoms with Crippen molar-refractivity contribution < 1.29 is 0 Å². The minimum atomic E-state index is 0.810. The summed E-state index contributed by atoms with van der Waals surface area (Å²) in [5.41, 5.74) is 5.61. The molecule has 0 aliphatic carbocycles. The number of rotatable bonds is 1. The smallest absolute Gasteiger partial charge is 0.00994 e. The quantitative estimate of drug-likeness (QED) is 0.572. The molecule has 0 aromatic carbocycles. The Kier molecular flexibility index (Phi) is 1.66. The number of nitrogens with two attached hydrogens (primary N) is 1. The topological polar surface area (TPSA) is 29.3 Å². The van der Waals surface area contributed by atoms with Crippen molar-refractivity contribution in [1.29, 1.82) is 0 Å². The van der Waals surface area contributed by atoms with E-state index in [9.17, 15) is 0 Å². The molecule has 0 spiro atoms. The third kappa shape index (κ3) is 0.956. The van der Waals surface area contributed by atoms with Gasteiger partial charge in [0.15, 0.2) is 0 Å². The van der Waals surface area contributed by atoms with Crippen LogP contribution in [0.15, 0.2) is 0 Å². The van der Waals surface area contributed by atoms with Crippen LogP contribution in [0, 0.1) is 5.92 Å². The zero-order valence-electron chi connectivity index (χ0n) is 6.42. The fourth-order valence-electron chi connectivity index (χ4n) is 2.36. The third-order valence-electron chi connectivity index (χ3n) is 2.93. The van der Waals surface area contributed by atoms with Crippen molar-refractivity contribution in [3.63, 3.8) is 0 Å². The van der Waals surface area contributed by atoms with Crippen LogP contribution >= 0.6 is 0 Å². The first kappa shape index (κ1) is 6.62. The molecular formula is C8H16N2. The van der Waals surface area contributed by atoms with Crippen molar-refractivity contribution in [2.75, 3.05) is 19.6 Å². The van der Waals surface area contributed by atoms with E-state index in [1.165, 1.54) is 32.4 Å². The van der Waals surface area contributed by atoms with Gasteiger partial charge in [-0.1, -0.05) is 0 Å². The summed E-state index contributed by atoms with van der Waals surface area (Å²) in [6, 6.07) is 0.911. The van der Waals surface area contributed by atoms with E-state index in [0.717, 1.165) is 18.5 Å². The first-order valence-electron chi connectivity index (χ1n) is 4.34. The van der Waals surface area contributed by atoms with Crippen molar-refractivity contribution >= 4 is 0 Å². The third-order valence-corrected chi connectivity index (χ3v) is 2.93. The van der Waals surface area contributed by atoms with Gasteiger partial charge in [0.05, 0.1) is 0 Å². The Hall–Kier alpha value is -0.0800. The summed E-state index contributed by atoms with van der Waals surface area (Å²) in [6.07, 6.45) is 4.22. The maximum Gasteiger partial charge on any atom is 0.00994 e. The Morgan fingerprint density at radius 3 is 3.10 bits per heavy atom. The summed E-state index contributed by atoms with van der Waals surface area (Å²) in [5, 5.41) is 0. The molecule has 2 nitrogen and oxygen atoms in total. The molecule has 2 aliphatic heterocycles. The van der Waals surface area contributed by atoms with E-state index in [4.69, 9.17) is 5.73 Å². The molecule has 0 aromatic heterocycles. The molecule has 58 valence electrons. The van der Waals surface area contributed by atoms with E-state index in [-0.39, 0.29) is 0 Å². The van der Waals surface area contributed by atoms with E-state index >= 15 is 0 Å². The second-order valence-electron chi connectivity index (χ2n) is 3.63. The predicted molar refractivity (Wildman–Crippen MR) is 41.8 cm³/mol. The fraction of sp³-hybridized carbons (Fsp3) is 1.00. The lowest BCUT2D eigenvalue weighted by Crippen LogP contribution is -2.23. The Balaban J connectivity index is 1.94. The molecule has 0 amide bonds. The Labute approximate surface area is 62.4 Å². The van der Waals surface area contributed by atoms with Crippen LogP contribution in [0.1, 0.15) is 19.3 Å². The van der Waals surface area contributed by atoms with Gasteiger partial charge >= 0.3 is 0 Å². The van der Waals surface area contributed by atoms with Crippen LogP contribution in [0.25, 0.3) is 0 Å². The molecule has 2 rings (SSSR count). The molecule has 0 bridgehead atoms. The highest BCUT2D eigenvalue weighted by molar-refractivity contribution is 4.89. The lowest BCUT2D eigenvalue weighted by Gasteiger charge is -2.12. The monoisotopic (exact) mass is 140 g/mol. The molecule has 2 atom stereocenters. The highest BCUT2D eigenvalue weighted by Gasteiger charge is 2.33. The highest BCUT2D eigenvalue weighted by Crippen LogP contribution is 2.30.